The highest BCUT2D eigenvalue weighted by Crippen LogP contribution is 2.19. The fourth-order valence-corrected chi connectivity index (χ4v) is 2.93. The van der Waals surface area contributed by atoms with Crippen LogP contribution < -0.4 is 10.6 Å². The van der Waals surface area contributed by atoms with E-state index in [9.17, 15) is 28.5 Å². The van der Waals surface area contributed by atoms with Gasteiger partial charge in [0.1, 0.15) is 17.2 Å². The molecule has 0 radical (unpaired) electrons. The minimum absolute atomic E-state index is 0.0236. The third kappa shape index (κ3) is 5.82. The zero-order valence-corrected chi connectivity index (χ0v) is 16.3. The number of benzene rings is 2. The van der Waals surface area contributed by atoms with E-state index in [0.29, 0.717) is 0 Å². The van der Waals surface area contributed by atoms with Gasteiger partial charge in [0.15, 0.2) is 0 Å². The fraction of sp³-hybridized carbons (Fsp3) is 0.111. The average Bonchev–Trinajstić information content (AvgIpc) is 3.19. The Morgan fingerprint density at radius 2 is 1.84 bits per heavy atom. The van der Waals surface area contributed by atoms with E-state index in [2.05, 4.69) is 20.8 Å². The van der Waals surface area contributed by atoms with Crippen LogP contribution in [0.2, 0.25) is 0 Å². The number of nitro groups is 1. The van der Waals surface area contributed by atoms with Gasteiger partial charge in [-0.2, -0.15) is 0 Å². The molecule has 3 aromatic rings. The number of aromatic nitrogens is 2. The molecule has 0 fully saturated rings. The molecule has 0 aliphatic carbocycles. The van der Waals surface area contributed by atoms with Gasteiger partial charge in [-0.15, -0.1) is 10.2 Å². The first-order valence-corrected chi connectivity index (χ1v) is 9.53. The Morgan fingerprint density at radius 1 is 1.13 bits per heavy atom. The molecule has 0 unspecified atom stereocenters. The van der Waals surface area contributed by atoms with Crippen molar-refractivity contribution < 1.29 is 27.7 Å². The zero-order valence-electron chi connectivity index (χ0n) is 15.5. The number of nitro benzene ring substituents is 1. The highest BCUT2D eigenvalue weighted by molar-refractivity contribution is 7.99. The number of non-ortho nitro benzene ring substituents is 1. The van der Waals surface area contributed by atoms with Crippen molar-refractivity contribution in [3.63, 3.8) is 0 Å². The highest BCUT2D eigenvalue weighted by atomic mass is 32.2. The number of amides is 2. The van der Waals surface area contributed by atoms with E-state index in [1.54, 1.807) is 0 Å². The molecule has 3 rings (SSSR count). The van der Waals surface area contributed by atoms with E-state index in [-0.39, 0.29) is 34.8 Å². The van der Waals surface area contributed by atoms with Gasteiger partial charge in [-0.3, -0.25) is 19.7 Å². The molecular weight excluding hydrogens is 436 g/mol. The highest BCUT2D eigenvalue weighted by Gasteiger charge is 2.18. The molecule has 0 saturated carbocycles. The standard InChI is InChI=1S/C18H13F2N5O5S/c19-12-5-2-6-13(20)16(12)17(27)21-8-15-23-24-18(30-15)31-9-14(26)22-10-3-1-4-11(7-10)25(28)29/h1-7H,8-9H2,(H,21,27)(H,22,26). The molecular formula is C18H13F2N5O5S. The summed E-state index contributed by atoms with van der Waals surface area (Å²) < 4.78 is 32.4. The summed E-state index contributed by atoms with van der Waals surface area (Å²) in [7, 11) is 0. The first kappa shape index (κ1) is 21.8. The molecule has 1 aromatic heterocycles. The van der Waals surface area contributed by atoms with Gasteiger partial charge in [0.05, 0.1) is 17.2 Å². The van der Waals surface area contributed by atoms with Crippen LogP contribution in [0.5, 0.6) is 0 Å². The lowest BCUT2D eigenvalue weighted by atomic mass is 10.2. The monoisotopic (exact) mass is 449 g/mol. The molecule has 160 valence electrons. The van der Waals surface area contributed by atoms with Crippen molar-refractivity contribution in [3.8, 4) is 0 Å². The Kier molecular flexibility index (Phi) is 6.87. The molecule has 0 atom stereocenters. The van der Waals surface area contributed by atoms with Crippen molar-refractivity contribution in [3.05, 3.63) is 75.7 Å². The van der Waals surface area contributed by atoms with Gasteiger partial charge in [-0.25, -0.2) is 8.78 Å². The predicted molar refractivity (Wildman–Crippen MR) is 104 cm³/mol. The lowest BCUT2D eigenvalue weighted by Crippen LogP contribution is -2.25. The van der Waals surface area contributed by atoms with Crippen molar-refractivity contribution >= 4 is 35.0 Å². The third-order valence-electron chi connectivity index (χ3n) is 3.71. The maximum absolute atomic E-state index is 13.6. The average molecular weight is 449 g/mol. The summed E-state index contributed by atoms with van der Waals surface area (Å²) in [5.41, 5.74) is -0.632. The lowest BCUT2D eigenvalue weighted by molar-refractivity contribution is -0.384. The number of thioether (sulfide) groups is 1. The van der Waals surface area contributed by atoms with Crippen molar-refractivity contribution in [1.29, 1.82) is 0 Å². The molecule has 1 heterocycles. The van der Waals surface area contributed by atoms with Crippen LogP contribution in [0, 0.1) is 21.7 Å². The predicted octanol–water partition coefficient (Wildman–Crippen LogP) is 2.92. The summed E-state index contributed by atoms with van der Waals surface area (Å²) >= 11 is 0.896. The number of hydrogen-bond acceptors (Lipinski definition) is 8. The minimum atomic E-state index is -1.01. The van der Waals surface area contributed by atoms with Crippen molar-refractivity contribution in [2.75, 3.05) is 11.1 Å². The molecule has 2 N–H and O–H groups in total. The topological polar surface area (TPSA) is 140 Å². The van der Waals surface area contributed by atoms with Gasteiger partial charge in [-0.1, -0.05) is 23.9 Å². The van der Waals surface area contributed by atoms with Gasteiger partial charge in [0.2, 0.25) is 11.8 Å². The SMILES string of the molecule is O=C(CSc1nnc(CNC(=O)c2c(F)cccc2F)o1)Nc1cccc([N+](=O)[O-])c1. The quantitative estimate of drug-likeness (QED) is 0.304. The van der Waals surface area contributed by atoms with Gasteiger partial charge >= 0.3 is 0 Å². The van der Waals surface area contributed by atoms with Crippen molar-refractivity contribution in [2.45, 2.75) is 11.8 Å². The first-order valence-electron chi connectivity index (χ1n) is 8.55. The smallest absolute Gasteiger partial charge is 0.277 e. The largest absolute Gasteiger partial charge is 0.414 e. The summed E-state index contributed by atoms with van der Waals surface area (Å²) in [6, 6.07) is 8.50. The molecule has 2 amide bonds. The molecule has 0 saturated heterocycles. The van der Waals surface area contributed by atoms with Crippen LogP contribution in [-0.2, 0) is 11.3 Å². The Labute approximate surface area is 177 Å². The first-order chi connectivity index (χ1) is 14.8. The Hall–Kier alpha value is -3.87. The van der Waals surface area contributed by atoms with E-state index >= 15 is 0 Å². The van der Waals surface area contributed by atoms with Crippen LogP contribution >= 0.6 is 11.8 Å². The normalized spacial score (nSPS) is 10.5. The summed E-state index contributed by atoms with van der Waals surface area (Å²) in [5, 5.41) is 22.9. The van der Waals surface area contributed by atoms with E-state index < -0.39 is 33.9 Å². The van der Waals surface area contributed by atoms with Crippen molar-refractivity contribution in [1.82, 2.24) is 15.5 Å². The number of carbonyl (C=O) groups excluding carboxylic acids is 2. The van der Waals surface area contributed by atoms with Gasteiger partial charge in [0, 0.05) is 17.8 Å². The van der Waals surface area contributed by atoms with Gasteiger partial charge in [-0.05, 0) is 18.2 Å². The summed E-state index contributed by atoms with van der Waals surface area (Å²) in [6.07, 6.45) is 0. The number of anilines is 1. The third-order valence-corrected chi connectivity index (χ3v) is 4.52. The van der Waals surface area contributed by atoms with Crippen LogP contribution in [0.15, 0.2) is 52.1 Å². The maximum atomic E-state index is 13.6. The molecule has 2 aromatic carbocycles. The van der Waals surface area contributed by atoms with Crippen LogP contribution in [-0.4, -0.2) is 32.7 Å². The number of carbonyl (C=O) groups is 2. The van der Waals surface area contributed by atoms with Crippen molar-refractivity contribution in [2.24, 2.45) is 0 Å². The molecule has 0 aliphatic rings. The van der Waals surface area contributed by atoms with Crippen LogP contribution in [0.3, 0.4) is 0 Å². The zero-order chi connectivity index (χ0) is 22.4. The minimum Gasteiger partial charge on any atom is -0.414 e. The molecule has 0 spiro atoms. The van der Waals surface area contributed by atoms with E-state index in [1.165, 1.54) is 24.3 Å². The molecule has 0 bridgehead atoms. The van der Waals surface area contributed by atoms with E-state index in [4.69, 9.17) is 4.42 Å². The number of nitrogens with one attached hydrogen (secondary N) is 2. The van der Waals surface area contributed by atoms with Gasteiger partial charge in [0.25, 0.3) is 16.8 Å². The Bertz CT molecular complexity index is 1120. The van der Waals surface area contributed by atoms with E-state index in [0.717, 1.165) is 30.0 Å². The van der Waals surface area contributed by atoms with Crippen LogP contribution in [0.25, 0.3) is 0 Å². The lowest BCUT2D eigenvalue weighted by Gasteiger charge is -2.04. The fourth-order valence-electron chi connectivity index (χ4n) is 2.35. The second-order valence-electron chi connectivity index (χ2n) is 5.89. The molecule has 13 heteroatoms. The van der Waals surface area contributed by atoms with Crippen LogP contribution in [0.4, 0.5) is 20.2 Å². The Morgan fingerprint density at radius 3 is 2.55 bits per heavy atom. The number of rotatable bonds is 8. The van der Waals surface area contributed by atoms with Gasteiger partial charge < -0.3 is 15.1 Å². The summed E-state index contributed by atoms with van der Waals surface area (Å²) in [6.45, 7) is -0.278. The second-order valence-corrected chi connectivity index (χ2v) is 6.81. The number of nitrogens with zero attached hydrogens (tertiary/aromatic N) is 3. The number of hydrogen-bond donors (Lipinski definition) is 2. The second kappa shape index (κ2) is 9.75. The molecule has 10 nitrogen and oxygen atoms in total. The Balaban J connectivity index is 1.50. The number of halogens is 2. The molecule has 31 heavy (non-hydrogen) atoms. The maximum Gasteiger partial charge on any atom is 0.277 e. The molecule has 0 aliphatic heterocycles. The van der Waals surface area contributed by atoms with E-state index in [1.807, 2.05) is 0 Å². The summed E-state index contributed by atoms with van der Waals surface area (Å²) in [4.78, 5) is 34.1. The summed E-state index contributed by atoms with van der Waals surface area (Å²) in [5.74, 6) is -3.63. The van der Waals surface area contributed by atoms with Crippen LogP contribution in [0.1, 0.15) is 16.2 Å².